The first-order valence-electron chi connectivity index (χ1n) is 4.16. The Morgan fingerprint density at radius 2 is 1.90 bits per heavy atom. The van der Waals surface area contributed by atoms with E-state index < -0.39 is 6.29 Å². The summed E-state index contributed by atoms with van der Waals surface area (Å²) >= 11 is 0. The third-order valence-corrected chi connectivity index (χ3v) is 3.46. The van der Waals surface area contributed by atoms with Crippen LogP contribution in [0.5, 0.6) is 0 Å². The SMILES string of the molecule is [O][C@@H]1O[C@@H]2C[C@@H]3C[C@@H]1[C@H]2C3. The highest BCUT2D eigenvalue weighted by Crippen LogP contribution is 2.55. The molecule has 10 heavy (non-hydrogen) atoms. The van der Waals surface area contributed by atoms with Crippen LogP contribution in [0.4, 0.5) is 0 Å². The minimum Gasteiger partial charge on any atom is -0.346 e. The zero-order valence-corrected chi connectivity index (χ0v) is 5.82. The van der Waals surface area contributed by atoms with E-state index in [1.807, 2.05) is 0 Å². The van der Waals surface area contributed by atoms with Crippen LogP contribution in [0.3, 0.4) is 0 Å². The average molecular weight is 139 g/mol. The minimum atomic E-state index is -0.664. The predicted octanol–water partition coefficient (Wildman–Crippen LogP) is 1.19. The first-order chi connectivity index (χ1) is 4.84. The first-order valence-corrected chi connectivity index (χ1v) is 4.16. The molecule has 2 aliphatic carbocycles. The summed E-state index contributed by atoms with van der Waals surface area (Å²) in [6.45, 7) is 0. The molecule has 0 unspecified atom stereocenters. The van der Waals surface area contributed by atoms with Crippen molar-refractivity contribution >= 4 is 0 Å². The van der Waals surface area contributed by atoms with Crippen LogP contribution in [0.1, 0.15) is 19.3 Å². The molecular weight excluding hydrogens is 128 g/mol. The van der Waals surface area contributed by atoms with E-state index in [4.69, 9.17) is 4.74 Å². The van der Waals surface area contributed by atoms with E-state index in [9.17, 15) is 5.11 Å². The van der Waals surface area contributed by atoms with Crippen LogP contribution in [0.15, 0.2) is 0 Å². The molecule has 0 spiro atoms. The Bertz CT molecular complexity index is 167. The molecule has 0 N–H and O–H groups in total. The Morgan fingerprint density at radius 3 is 2.50 bits per heavy atom. The van der Waals surface area contributed by atoms with Crippen LogP contribution < -0.4 is 0 Å². The Kier molecular flexibility index (Phi) is 0.868. The first kappa shape index (κ1) is 5.56. The lowest BCUT2D eigenvalue weighted by molar-refractivity contribution is -0.141. The Hall–Kier alpha value is -0.0800. The molecule has 1 radical (unpaired) electrons. The topological polar surface area (TPSA) is 29.1 Å². The van der Waals surface area contributed by atoms with E-state index in [0.29, 0.717) is 17.9 Å². The van der Waals surface area contributed by atoms with Gasteiger partial charge in [0, 0.05) is 5.92 Å². The van der Waals surface area contributed by atoms with Gasteiger partial charge in [0.25, 0.3) is 0 Å². The van der Waals surface area contributed by atoms with Crippen molar-refractivity contribution < 1.29 is 9.84 Å². The van der Waals surface area contributed by atoms with Crippen molar-refractivity contribution in [2.75, 3.05) is 0 Å². The van der Waals surface area contributed by atoms with Crippen LogP contribution in [0.2, 0.25) is 0 Å². The second-order valence-corrected chi connectivity index (χ2v) is 3.94. The van der Waals surface area contributed by atoms with Gasteiger partial charge in [0.15, 0.2) is 6.29 Å². The molecule has 1 heterocycles. The van der Waals surface area contributed by atoms with E-state index in [1.165, 1.54) is 12.8 Å². The highest BCUT2D eigenvalue weighted by molar-refractivity contribution is 5.01. The van der Waals surface area contributed by atoms with Gasteiger partial charge >= 0.3 is 0 Å². The monoisotopic (exact) mass is 139 g/mol. The molecule has 0 aromatic carbocycles. The molecule has 3 aliphatic rings. The zero-order chi connectivity index (χ0) is 6.72. The maximum atomic E-state index is 11.2. The van der Waals surface area contributed by atoms with E-state index in [1.54, 1.807) is 0 Å². The standard InChI is InChI=1S/C8H11O2/c9-8-6-2-4-1-5(6)7(3-4)10-8/h4-8H,1-3H2/t4-,5+,6+,7+,8+/m0/s1. The van der Waals surface area contributed by atoms with Gasteiger partial charge in [-0.15, -0.1) is 0 Å². The van der Waals surface area contributed by atoms with Gasteiger partial charge in [-0.25, -0.2) is 5.11 Å². The van der Waals surface area contributed by atoms with Crippen LogP contribution in [0, 0.1) is 17.8 Å². The van der Waals surface area contributed by atoms with Gasteiger partial charge in [-0.1, -0.05) is 0 Å². The predicted molar refractivity (Wildman–Crippen MR) is 33.7 cm³/mol. The summed E-state index contributed by atoms with van der Waals surface area (Å²) in [4.78, 5) is 0. The number of ether oxygens (including phenoxy) is 1. The van der Waals surface area contributed by atoms with Gasteiger partial charge in [0.05, 0.1) is 6.10 Å². The zero-order valence-electron chi connectivity index (χ0n) is 5.82. The molecule has 5 atom stereocenters. The van der Waals surface area contributed by atoms with Crippen LogP contribution >= 0.6 is 0 Å². The second-order valence-electron chi connectivity index (χ2n) is 3.94. The lowest BCUT2D eigenvalue weighted by Gasteiger charge is -2.13. The molecule has 0 aromatic heterocycles. The third-order valence-electron chi connectivity index (χ3n) is 3.46. The summed E-state index contributed by atoms with van der Waals surface area (Å²) in [5.41, 5.74) is 0. The quantitative estimate of drug-likeness (QED) is 0.495. The van der Waals surface area contributed by atoms with Crippen molar-refractivity contribution in [2.45, 2.75) is 31.7 Å². The van der Waals surface area contributed by atoms with Gasteiger partial charge in [0.1, 0.15) is 0 Å². The fraction of sp³-hybridized carbons (Fsp3) is 1.00. The lowest BCUT2D eigenvalue weighted by atomic mass is 9.89. The summed E-state index contributed by atoms with van der Waals surface area (Å²) in [7, 11) is 0. The van der Waals surface area contributed by atoms with E-state index >= 15 is 0 Å². The summed E-state index contributed by atoms with van der Waals surface area (Å²) in [5, 5.41) is 11.2. The van der Waals surface area contributed by atoms with Crippen LogP contribution in [-0.4, -0.2) is 12.4 Å². The molecule has 0 aromatic rings. The number of hydrogen-bond donors (Lipinski definition) is 0. The summed E-state index contributed by atoms with van der Waals surface area (Å²) in [6, 6.07) is 0. The molecule has 2 bridgehead atoms. The van der Waals surface area contributed by atoms with Crippen molar-refractivity contribution in [3.8, 4) is 0 Å². The average Bonchev–Trinajstić information content (AvgIpc) is 2.44. The molecule has 1 saturated heterocycles. The van der Waals surface area contributed by atoms with Crippen LogP contribution in [-0.2, 0) is 9.84 Å². The van der Waals surface area contributed by atoms with Gasteiger partial charge in [0.2, 0.25) is 0 Å². The van der Waals surface area contributed by atoms with Gasteiger partial charge < -0.3 is 4.74 Å². The second kappa shape index (κ2) is 1.56. The molecule has 3 rings (SSSR count). The van der Waals surface area contributed by atoms with Gasteiger partial charge in [-0.3, -0.25) is 0 Å². The fourth-order valence-electron chi connectivity index (χ4n) is 3.08. The van der Waals surface area contributed by atoms with Crippen LogP contribution in [0.25, 0.3) is 0 Å². The minimum absolute atomic E-state index is 0.367. The molecular formula is C8H11O2. The van der Waals surface area contributed by atoms with E-state index in [0.717, 1.165) is 12.3 Å². The highest BCUT2D eigenvalue weighted by atomic mass is 16.6. The van der Waals surface area contributed by atoms with Crippen molar-refractivity contribution in [3.05, 3.63) is 0 Å². The highest BCUT2D eigenvalue weighted by Gasteiger charge is 2.55. The summed E-state index contributed by atoms with van der Waals surface area (Å²) < 4.78 is 5.28. The molecule has 2 heteroatoms. The molecule has 0 amide bonds. The molecule has 2 nitrogen and oxygen atoms in total. The van der Waals surface area contributed by atoms with Crippen molar-refractivity contribution in [3.63, 3.8) is 0 Å². The van der Waals surface area contributed by atoms with Crippen molar-refractivity contribution in [1.29, 1.82) is 0 Å². The molecule has 3 fully saturated rings. The normalized spacial score (nSPS) is 63.9. The number of fused-ring (bicyclic) bond motifs is 1. The largest absolute Gasteiger partial charge is 0.346 e. The molecule has 1 aliphatic heterocycles. The maximum absolute atomic E-state index is 11.2. The number of hydrogen-bond acceptors (Lipinski definition) is 1. The van der Waals surface area contributed by atoms with Gasteiger partial charge in [-0.05, 0) is 31.1 Å². The maximum Gasteiger partial charge on any atom is 0.194 e. The molecule has 55 valence electrons. The smallest absolute Gasteiger partial charge is 0.194 e. The summed E-state index contributed by atoms with van der Waals surface area (Å²) in [6.07, 6.45) is 3.33. The van der Waals surface area contributed by atoms with Crippen molar-refractivity contribution in [2.24, 2.45) is 17.8 Å². The Morgan fingerprint density at radius 1 is 1.10 bits per heavy atom. The third kappa shape index (κ3) is 0.487. The number of rotatable bonds is 0. The summed E-state index contributed by atoms with van der Waals surface area (Å²) in [5.74, 6) is 1.90. The fourth-order valence-corrected chi connectivity index (χ4v) is 3.08. The van der Waals surface area contributed by atoms with Crippen molar-refractivity contribution in [1.82, 2.24) is 0 Å². The van der Waals surface area contributed by atoms with Gasteiger partial charge in [-0.2, -0.15) is 0 Å². The lowest BCUT2D eigenvalue weighted by Crippen LogP contribution is -2.16. The Balaban J connectivity index is 1.98. The molecule has 2 saturated carbocycles. The van der Waals surface area contributed by atoms with E-state index in [2.05, 4.69) is 0 Å². The Labute approximate surface area is 60.2 Å². The van der Waals surface area contributed by atoms with E-state index in [-0.39, 0.29) is 0 Å².